The lowest BCUT2D eigenvalue weighted by Crippen LogP contribution is -2.28. The van der Waals surface area contributed by atoms with Gasteiger partial charge in [-0.1, -0.05) is 12.1 Å². The highest BCUT2D eigenvalue weighted by Crippen LogP contribution is 2.12. The molecular formula is C17H17FN4O2. The van der Waals surface area contributed by atoms with Crippen molar-refractivity contribution in [3.63, 3.8) is 0 Å². The number of imidazole rings is 1. The number of H-pyrrole nitrogens is 1. The van der Waals surface area contributed by atoms with Crippen LogP contribution in [0.25, 0.3) is 11.2 Å². The fourth-order valence-corrected chi connectivity index (χ4v) is 2.35. The Morgan fingerprint density at radius 1 is 1.29 bits per heavy atom. The van der Waals surface area contributed by atoms with E-state index in [2.05, 4.69) is 20.3 Å². The second-order valence-electron chi connectivity index (χ2n) is 5.43. The SMILES string of the molecule is O=C(CCc1nc2ncccc2[nH]1)NCC(O)c1ccc(F)cc1. The number of rotatable bonds is 6. The zero-order valence-corrected chi connectivity index (χ0v) is 12.9. The molecule has 1 unspecified atom stereocenters. The number of aliphatic hydroxyl groups excluding tert-OH is 1. The smallest absolute Gasteiger partial charge is 0.220 e. The largest absolute Gasteiger partial charge is 0.387 e. The molecule has 0 saturated carbocycles. The van der Waals surface area contributed by atoms with E-state index in [1.54, 1.807) is 6.20 Å². The number of benzene rings is 1. The molecule has 0 radical (unpaired) electrons. The lowest BCUT2D eigenvalue weighted by atomic mass is 10.1. The molecule has 0 aliphatic rings. The number of fused-ring (bicyclic) bond motifs is 1. The van der Waals surface area contributed by atoms with Crippen molar-refractivity contribution < 1.29 is 14.3 Å². The van der Waals surface area contributed by atoms with Crippen molar-refractivity contribution >= 4 is 17.1 Å². The van der Waals surface area contributed by atoms with E-state index < -0.39 is 6.10 Å². The second-order valence-corrected chi connectivity index (χ2v) is 5.43. The molecule has 2 aromatic heterocycles. The molecule has 2 heterocycles. The van der Waals surface area contributed by atoms with Crippen molar-refractivity contribution in [3.05, 3.63) is 59.8 Å². The zero-order valence-electron chi connectivity index (χ0n) is 12.9. The number of halogens is 1. The van der Waals surface area contributed by atoms with Crippen LogP contribution in [0.2, 0.25) is 0 Å². The van der Waals surface area contributed by atoms with E-state index in [0.717, 1.165) is 5.52 Å². The third-order valence-corrected chi connectivity index (χ3v) is 3.64. The van der Waals surface area contributed by atoms with Crippen LogP contribution >= 0.6 is 0 Å². The highest BCUT2D eigenvalue weighted by atomic mass is 19.1. The fourth-order valence-electron chi connectivity index (χ4n) is 2.35. The number of aliphatic hydroxyl groups is 1. The minimum absolute atomic E-state index is 0.0755. The van der Waals surface area contributed by atoms with E-state index in [4.69, 9.17) is 0 Å². The molecule has 1 atom stereocenters. The van der Waals surface area contributed by atoms with E-state index in [1.807, 2.05) is 12.1 Å². The van der Waals surface area contributed by atoms with Gasteiger partial charge in [-0.05, 0) is 29.8 Å². The maximum absolute atomic E-state index is 12.8. The third kappa shape index (κ3) is 3.94. The first-order chi connectivity index (χ1) is 11.6. The van der Waals surface area contributed by atoms with Crippen molar-refractivity contribution in [1.82, 2.24) is 20.3 Å². The number of hydrogen-bond acceptors (Lipinski definition) is 4. The van der Waals surface area contributed by atoms with Gasteiger partial charge in [-0.15, -0.1) is 0 Å². The van der Waals surface area contributed by atoms with E-state index >= 15 is 0 Å². The summed E-state index contributed by atoms with van der Waals surface area (Å²) < 4.78 is 12.8. The standard InChI is InChI=1S/C17H17FN4O2/c18-12-5-3-11(4-6-12)14(23)10-20-16(24)8-7-15-21-13-2-1-9-19-17(13)22-15/h1-6,9,14,23H,7-8,10H2,(H,20,24)(H,19,21,22). The number of nitrogens with one attached hydrogen (secondary N) is 2. The summed E-state index contributed by atoms with van der Waals surface area (Å²) in [5, 5.41) is 12.6. The molecule has 3 aromatic rings. The van der Waals surface area contributed by atoms with E-state index in [9.17, 15) is 14.3 Å². The fraction of sp³-hybridized carbons (Fsp3) is 0.235. The Morgan fingerprint density at radius 3 is 2.83 bits per heavy atom. The minimum atomic E-state index is -0.870. The number of hydrogen-bond donors (Lipinski definition) is 3. The quantitative estimate of drug-likeness (QED) is 0.644. The first kappa shape index (κ1) is 16.1. The second kappa shape index (κ2) is 7.18. The summed E-state index contributed by atoms with van der Waals surface area (Å²) >= 11 is 0. The van der Waals surface area contributed by atoms with Gasteiger partial charge in [-0.3, -0.25) is 4.79 Å². The van der Waals surface area contributed by atoms with Gasteiger partial charge < -0.3 is 15.4 Å². The maximum atomic E-state index is 12.8. The van der Waals surface area contributed by atoms with Gasteiger partial charge in [0.15, 0.2) is 5.65 Å². The lowest BCUT2D eigenvalue weighted by molar-refractivity contribution is -0.121. The van der Waals surface area contributed by atoms with Crippen LogP contribution in [0, 0.1) is 5.82 Å². The Bertz CT molecular complexity index is 799. The van der Waals surface area contributed by atoms with Crippen LogP contribution in [0.5, 0.6) is 0 Å². The minimum Gasteiger partial charge on any atom is -0.387 e. The van der Waals surface area contributed by atoms with Gasteiger partial charge in [-0.25, -0.2) is 14.4 Å². The van der Waals surface area contributed by atoms with Gasteiger partial charge in [0.05, 0.1) is 11.6 Å². The normalized spacial score (nSPS) is 12.2. The van der Waals surface area contributed by atoms with Crippen LogP contribution in [0.15, 0.2) is 42.6 Å². The van der Waals surface area contributed by atoms with Crippen LogP contribution in [-0.4, -0.2) is 32.5 Å². The molecule has 24 heavy (non-hydrogen) atoms. The van der Waals surface area contributed by atoms with Crippen molar-refractivity contribution in [3.8, 4) is 0 Å². The Morgan fingerprint density at radius 2 is 2.08 bits per heavy atom. The molecule has 124 valence electrons. The molecule has 6 nitrogen and oxygen atoms in total. The molecule has 1 amide bonds. The van der Waals surface area contributed by atoms with Crippen molar-refractivity contribution in [2.75, 3.05) is 6.54 Å². The van der Waals surface area contributed by atoms with Gasteiger partial charge >= 0.3 is 0 Å². The number of carbonyl (C=O) groups excluding carboxylic acids is 1. The number of pyridine rings is 1. The number of amides is 1. The molecular weight excluding hydrogens is 311 g/mol. The summed E-state index contributed by atoms with van der Waals surface area (Å²) in [4.78, 5) is 23.4. The highest BCUT2D eigenvalue weighted by molar-refractivity contribution is 5.76. The monoisotopic (exact) mass is 328 g/mol. The number of aromatic amines is 1. The molecule has 3 N–H and O–H groups in total. The van der Waals surface area contributed by atoms with Crippen LogP contribution in [0.4, 0.5) is 4.39 Å². The molecule has 7 heteroatoms. The summed E-state index contributed by atoms with van der Waals surface area (Å²) in [5.74, 6) is 0.137. The summed E-state index contributed by atoms with van der Waals surface area (Å²) in [6, 6.07) is 9.22. The molecule has 3 rings (SSSR count). The van der Waals surface area contributed by atoms with E-state index in [0.29, 0.717) is 23.5 Å². The Balaban J connectivity index is 1.47. The van der Waals surface area contributed by atoms with Crippen molar-refractivity contribution in [2.45, 2.75) is 18.9 Å². The molecule has 0 bridgehead atoms. The molecule has 1 aromatic carbocycles. The highest BCUT2D eigenvalue weighted by Gasteiger charge is 2.11. The van der Waals surface area contributed by atoms with Gasteiger partial charge in [-0.2, -0.15) is 0 Å². The number of carbonyl (C=O) groups is 1. The van der Waals surface area contributed by atoms with Crippen LogP contribution in [-0.2, 0) is 11.2 Å². The lowest BCUT2D eigenvalue weighted by Gasteiger charge is -2.12. The zero-order chi connectivity index (χ0) is 16.9. The topological polar surface area (TPSA) is 90.9 Å². The van der Waals surface area contributed by atoms with Crippen LogP contribution < -0.4 is 5.32 Å². The molecule has 0 spiro atoms. The molecule has 0 aliphatic carbocycles. The Kier molecular flexibility index (Phi) is 4.81. The molecule has 0 saturated heterocycles. The number of nitrogens with zero attached hydrogens (tertiary/aromatic N) is 2. The molecule has 0 aliphatic heterocycles. The third-order valence-electron chi connectivity index (χ3n) is 3.64. The van der Waals surface area contributed by atoms with E-state index in [1.165, 1.54) is 24.3 Å². The average Bonchev–Trinajstić information content (AvgIpc) is 3.01. The van der Waals surface area contributed by atoms with Crippen LogP contribution in [0.3, 0.4) is 0 Å². The predicted octanol–water partition coefficient (Wildman–Crippen LogP) is 1.88. The van der Waals surface area contributed by atoms with Gasteiger partial charge in [0.2, 0.25) is 5.91 Å². The summed E-state index contributed by atoms with van der Waals surface area (Å²) in [5.41, 5.74) is 2.01. The van der Waals surface area contributed by atoms with Crippen LogP contribution in [0.1, 0.15) is 23.9 Å². The van der Waals surface area contributed by atoms with Crippen molar-refractivity contribution in [1.29, 1.82) is 0 Å². The Labute approximate surface area is 137 Å². The number of aromatic nitrogens is 3. The summed E-state index contributed by atoms with van der Waals surface area (Å²) in [6.45, 7) is 0.0755. The Hall–Kier alpha value is -2.80. The number of aryl methyl sites for hydroxylation is 1. The van der Waals surface area contributed by atoms with Crippen molar-refractivity contribution in [2.24, 2.45) is 0 Å². The van der Waals surface area contributed by atoms with Gasteiger partial charge in [0.1, 0.15) is 11.6 Å². The van der Waals surface area contributed by atoms with E-state index in [-0.39, 0.29) is 24.7 Å². The summed E-state index contributed by atoms with van der Waals surface area (Å²) in [6.07, 6.45) is 1.49. The summed E-state index contributed by atoms with van der Waals surface area (Å²) in [7, 11) is 0. The maximum Gasteiger partial charge on any atom is 0.220 e. The van der Waals surface area contributed by atoms with Gasteiger partial charge in [0.25, 0.3) is 0 Å². The average molecular weight is 328 g/mol. The van der Waals surface area contributed by atoms with Gasteiger partial charge in [0, 0.05) is 25.6 Å². The predicted molar refractivity (Wildman–Crippen MR) is 86.6 cm³/mol. The molecule has 0 fully saturated rings. The first-order valence-electron chi connectivity index (χ1n) is 7.61. The first-order valence-corrected chi connectivity index (χ1v) is 7.61.